The largest absolute Gasteiger partial charge is 0.497 e. The summed E-state index contributed by atoms with van der Waals surface area (Å²) < 4.78 is 5.29. The summed E-state index contributed by atoms with van der Waals surface area (Å²) in [7, 11) is 5.81. The number of benzene rings is 2. The number of aliphatic imine (C=N–C) groups is 1. The first kappa shape index (κ1) is 25.6. The van der Waals surface area contributed by atoms with Crippen molar-refractivity contribution in [1.29, 1.82) is 0 Å². The summed E-state index contributed by atoms with van der Waals surface area (Å²) in [6, 6.07) is 13.3. The van der Waals surface area contributed by atoms with E-state index in [-0.39, 0.29) is 0 Å². The minimum absolute atomic E-state index is 0.295. The molecule has 2 aromatic rings. The second kappa shape index (κ2) is 11.9. The van der Waals surface area contributed by atoms with Gasteiger partial charge >= 0.3 is 0 Å². The van der Waals surface area contributed by atoms with Gasteiger partial charge in [0.25, 0.3) is 0 Å². The molecule has 4 rings (SSSR count). The zero-order valence-corrected chi connectivity index (χ0v) is 21.1. The molecule has 2 aliphatic rings. The second-order valence-electron chi connectivity index (χ2n) is 8.74. The van der Waals surface area contributed by atoms with Crippen LogP contribution in [0.25, 0.3) is 0 Å². The average molecular weight is 493 g/mol. The molecule has 1 aliphatic heterocycles. The minimum Gasteiger partial charge on any atom is -0.497 e. The standard InChI is InChI=1S/C16H25NO2.C9H9Cl2N3/c1-17(2)12-14-7-4-5-10-16(14,18)13-8-6-9-15(11-13)19-3;10-6-2-1-3-7(11)8(6)14-9-12-4-5-13-9/h6,8-9,11,14,18H,4-5,7,10,12H2,1-3H3;1-3H,4-5H2,(H2,12,13,14)/t14-,16+;/m1./s1. The van der Waals surface area contributed by atoms with E-state index in [2.05, 4.69) is 34.6 Å². The number of ether oxygens (including phenoxy) is 1. The number of methoxy groups -OCH3 is 1. The fourth-order valence-electron chi connectivity index (χ4n) is 4.40. The Labute approximate surface area is 206 Å². The van der Waals surface area contributed by atoms with Crippen LogP contribution in [-0.4, -0.2) is 56.8 Å². The number of hydrogen-bond donors (Lipinski definition) is 3. The van der Waals surface area contributed by atoms with E-state index in [1.807, 2.05) is 24.3 Å². The first-order valence-corrected chi connectivity index (χ1v) is 12.1. The number of para-hydroxylation sites is 1. The van der Waals surface area contributed by atoms with Crippen LogP contribution < -0.4 is 15.4 Å². The minimum atomic E-state index is -0.711. The van der Waals surface area contributed by atoms with Crippen LogP contribution in [0.5, 0.6) is 5.75 Å². The molecule has 2 atom stereocenters. The molecular formula is C25H34Cl2N4O2. The first-order valence-electron chi connectivity index (χ1n) is 11.3. The molecule has 33 heavy (non-hydrogen) atoms. The van der Waals surface area contributed by atoms with E-state index in [9.17, 15) is 5.11 Å². The van der Waals surface area contributed by atoms with E-state index < -0.39 is 5.60 Å². The molecule has 3 N–H and O–H groups in total. The van der Waals surface area contributed by atoms with Crippen LogP contribution in [0.3, 0.4) is 0 Å². The summed E-state index contributed by atoms with van der Waals surface area (Å²) >= 11 is 12.0. The van der Waals surface area contributed by atoms with Crippen molar-refractivity contribution in [3.05, 3.63) is 58.1 Å². The lowest BCUT2D eigenvalue weighted by Gasteiger charge is -2.41. The van der Waals surface area contributed by atoms with Gasteiger partial charge in [0.1, 0.15) is 5.75 Å². The number of guanidine groups is 1. The molecule has 1 aliphatic carbocycles. The van der Waals surface area contributed by atoms with Gasteiger partial charge in [0.2, 0.25) is 0 Å². The zero-order chi connectivity index (χ0) is 23.8. The van der Waals surface area contributed by atoms with Gasteiger partial charge in [-0.3, -0.25) is 4.99 Å². The third-order valence-electron chi connectivity index (χ3n) is 6.07. The molecule has 1 fully saturated rings. The molecule has 0 bridgehead atoms. The molecule has 1 saturated carbocycles. The molecule has 0 radical (unpaired) electrons. The van der Waals surface area contributed by atoms with Crippen molar-refractivity contribution in [2.24, 2.45) is 10.9 Å². The van der Waals surface area contributed by atoms with Crippen LogP contribution in [0.15, 0.2) is 47.5 Å². The number of nitrogens with zero attached hydrogens (tertiary/aromatic N) is 2. The highest BCUT2D eigenvalue weighted by Gasteiger charge is 2.40. The second-order valence-corrected chi connectivity index (χ2v) is 9.55. The van der Waals surface area contributed by atoms with Crippen molar-refractivity contribution < 1.29 is 9.84 Å². The summed E-state index contributed by atoms with van der Waals surface area (Å²) in [5.41, 5.74) is 0.985. The predicted molar refractivity (Wildman–Crippen MR) is 138 cm³/mol. The highest BCUT2D eigenvalue weighted by atomic mass is 35.5. The molecular weight excluding hydrogens is 459 g/mol. The SMILES string of the molecule is COc1cccc([C@@]2(O)CCCC[C@@H]2CN(C)C)c1.Clc1cccc(Cl)c1NC1=NCCN1. The Balaban J connectivity index is 0.000000194. The molecule has 0 unspecified atom stereocenters. The average Bonchev–Trinajstić information content (AvgIpc) is 3.32. The third-order valence-corrected chi connectivity index (χ3v) is 6.70. The van der Waals surface area contributed by atoms with Crippen molar-refractivity contribution in [1.82, 2.24) is 10.2 Å². The van der Waals surface area contributed by atoms with Gasteiger partial charge in [0.15, 0.2) is 5.96 Å². The molecule has 2 aromatic carbocycles. The number of hydrogen-bond acceptors (Lipinski definition) is 6. The Bertz CT molecular complexity index is 934. The van der Waals surface area contributed by atoms with Gasteiger partial charge in [0.05, 0.1) is 35.0 Å². The number of aliphatic hydroxyl groups is 1. The molecule has 6 nitrogen and oxygen atoms in total. The van der Waals surface area contributed by atoms with Crippen molar-refractivity contribution in [3.63, 3.8) is 0 Å². The number of rotatable bonds is 5. The van der Waals surface area contributed by atoms with Crippen molar-refractivity contribution in [2.45, 2.75) is 31.3 Å². The van der Waals surface area contributed by atoms with Gasteiger partial charge in [-0.15, -0.1) is 0 Å². The summed E-state index contributed by atoms with van der Waals surface area (Å²) in [4.78, 5) is 6.36. The van der Waals surface area contributed by atoms with Crippen LogP contribution in [-0.2, 0) is 5.60 Å². The lowest BCUT2D eigenvalue weighted by Crippen LogP contribution is -2.43. The smallest absolute Gasteiger partial charge is 0.196 e. The van der Waals surface area contributed by atoms with E-state index in [1.165, 1.54) is 6.42 Å². The van der Waals surface area contributed by atoms with Gasteiger partial charge < -0.3 is 25.4 Å². The highest BCUT2D eigenvalue weighted by molar-refractivity contribution is 6.39. The molecule has 0 aromatic heterocycles. The topological polar surface area (TPSA) is 69.1 Å². The van der Waals surface area contributed by atoms with E-state index >= 15 is 0 Å². The van der Waals surface area contributed by atoms with Gasteiger partial charge in [-0.1, -0.05) is 54.2 Å². The number of nitrogens with one attached hydrogen (secondary N) is 2. The van der Waals surface area contributed by atoms with Crippen molar-refractivity contribution >= 4 is 34.8 Å². The first-order chi connectivity index (χ1) is 15.8. The highest BCUT2D eigenvalue weighted by Crippen LogP contribution is 2.42. The number of anilines is 1. The maximum atomic E-state index is 11.2. The monoisotopic (exact) mass is 492 g/mol. The fraction of sp³-hybridized carbons (Fsp3) is 0.480. The Hall–Kier alpha value is -1.99. The van der Waals surface area contributed by atoms with E-state index in [0.29, 0.717) is 21.7 Å². The van der Waals surface area contributed by atoms with Crippen molar-refractivity contribution in [3.8, 4) is 5.75 Å². The third kappa shape index (κ3) is 6.76. The Morgan fingerprint density at radius 2 is 1.91 bits per heavy atom. The molecule has 0 amide bonds. The van der Waals surface area contributed by atoms with E-state index in [1.54, 1.807) is 25.3 Å². The van der Waals surface area contributed by atoms with Crippen LogP contribution in [0.4, 0.5) is 5.69 Å². The maximum Gasteiger partial charge on any atom is 0.196 e. The molecule has 180 valence electrons. The van der Waals surface area contributed by atoms with Crippen LogP contribution in [0, 0.1) is 5.92 Å². The Kier molecular flexibility index (Phi) is 9.27. The lowest BCUT2D eigenvalue weighted by atomic mass is 9.71. The van der Waals surface area contributed by atoms with Gasteiger partial charge in [-0.05, 0) is 56.8 Å². The van der Waals surface area contributed by atoms with Gasteiger partial charge in [-0.25, -0.2) is 0 Å². The Morgan fingerprint density at radius 3 is 2.55 bits per heavy atom. The maximum absolute atomic E-state index is 11.2. The molecule has 0 spiro atoms. The van der Waals surface area contributed by atoms with Gasteiger partial charge in [-0.2, -0.15) is 0 Å². The van der Waals surface area contributed by atoms with E-state index in [0.717, 1.165) is 56.2 Å². The molecule has 1 heterocycles. The zero-order valence-electron chi connectivity index (χ0n) is 19.6. The fourth-order valence-corrected chi connectivity index (χ4v) is 4.89. The Morgan fingerprint density at radius 1 is 1.18 bits per heavy atom. The normalized spacial score (nSPS) is 22.2. The van der Waals surface area contributed by atoms with Crippen LogP contribution in [0.2, 0.25) is 10.0 Å². The summed E-state index contributed by atoms with van der Waals surface area (Å²) in [5.74, 6) is 1.84. The van der Waals surface area contributed by atoms with Gasteiger partial charge in [0, 0.05) is 19.0 Å². The predicted octanol–water partition coefficient (Wildman–Crippen LogP) is 5.00. The summed E-state index contributed by atoms with van der Waals surface area (Å²) in [6.45, 7) is 2.56. The molecule has 0 saturated heterocycles. The van der Waals surface area contributed by atoms with Crippen LogP contribution in [0.1, 0.15) is 31.2 Å². The summed E-state index contributed by atoms with van der Waals surface area (Å²) in [6.07, 6.45) is 4.24. The van der Waals surface area contributed by atoms with Crippen LogP contribution >= 0.6 is 23.2 Å². The quantitative estimate of drug-likeness (QED) is 0.547. The molecule has 8 heteroatoms. The van der Waals surface area contributed by atoms with Crippen molar-refractivity contribution in [2.75, 3.05) is 46.2 Å². The summed E-state index contributed by atoms with van der Waals surface area (Å²) in [5, 5.41) is 18.5. The van der Waals surface area contributed by atoms with E-state index in [4.69, 9.17) is 27.9 Å². The lowest BCUT2D eigenvalue weighted by molar-refractivity contribution is -0.0619. The number of halogens is 2.